The number of halogens is 1. The number of H-pyrrole nitrogens is 1. The molecular formula is C21H20ClN7. The number of rotatable bonds is 3. The van der Waals surface area contributed by atoms with E-state index in [0.717, 1.165) is 42.5 Å². The van der Waals surface area contributed by atoms with Crippen molar-refractivity contribution < 1.29 is 0 Å². The number of nitrogens with one attached hydrogen (secondary N) is 1. The Bertz CT molecular complexity index is 1160. The number of aromatic nitrogens is 4. The van der Waals surface area contributed by atoms with Crippen molar-refractivity contribution in [1.29, 1.82) is 0 Å². The van der Waals surface area contributed by atoms with Gasteiger partial charge < -0.3 is 20.5 Å². The molecule has 29 heavy (non-hydrogen) atoms. The van der Waals surface area contributed by atoms with Crippen molar-refractivity contribution in [3.63, 3.8) is 0 Å². The lowest BCUT2D eigenvalue weighted by molar-refractivity contribution is 0.751. The highest BCUT2D eigenvalue weighted by molar-refractivity contribution is 6.30. The molecule has 5 rings (SSSR count). The summed E-state index contributed by atoms with van der Waals surface area (Å²) < 4.78 is 0. The van der Waals surface area contributed by atoms with Gasteiger partial charge in [-0.25, -0.2) is 4.98 Å². The molecule has 0 saturated heterocycles. The minimum atomic E-state index is 0.243. The van der Waals surface area contributed by atoms with Crippen LogP contribution in [0.1, 0.15) is 11.1 Å². The van der Waals surface area contributed by atoms with E-state index in [-0.39, 0.29) is 5.95 Å². The Hall–Kier alpha value is -3.32. The molecule has 1 aliphatic rings. The van der Waals surface area contributed by atoms with Gasteiger partial charge in [-0.3, -0.25) is 0 Å². The average molecular weight is 406 g/mol. The van der Waals surface area contributed by atoms with Crippen LogP contribution >= 0.6 is 11.6 Å². The highest BCUT2D eigenvalue weighted by atomic mass is 35.5. The Balaban J connectivity index is 1.50. The number of nitrogen functional groups attached to an aromatic ring is 1. The van der Waals surface area contributed by atoms with E-state index in [9.17, 15) is 0 Å². The van der Waals surface area contributed by atoms with E-state index in [1.54, 1.807) is 6.33 Å². The van der Waals surface area contributed by atoms with E-state index in [1.165, 1.54) is 16.8 Å². The van der Waals surface area contributed by atoms with Gasteiger partial charge in [0.15, 0.2) is 17.0 Å². The topological polar surface area (TPSA) is 87.0 Å². The maximum Gasteiger partial charge on any atom is 0.224 e. The van der Waals surface area contributed by atoms with Gasteiger partial charge >= 0.3 is 0 Å². The summed E-state index contributed by atoms with van der Waals surface area (Å²) in [7, 11) is 0. The summed E-state index contributed by atoms with van der Waals surface area (Å²) in [6.45, 7) is 3.17. The fraction of sp³-hybridized carbons (Fsp3) is 0.190. The van der Waals surface area contributed by atoms with Gasteiger partial charge in [0.1, 0.15) is 0 Å². The summed E-state index contributed by atoms with van der Waals surface area (Å²) in [4.78, 5) is 20.8. The fourth-order valence-corrected chi connectivity index (χ4v) is 3.94. The third kappa shape index (κ3) is 3.45. The van der Waals surface area contributed by atoms with Gasteiger partial charge in [0.25, 0.3) is 0 Å². The van der Waals surface area contributed by atoms with E-state index in [1.807, 2.05) is 12.1 Å². The molecule has 0 saturated carbocycles. The molecule has 4 aromatic rings. The summed E-state index contributed by atoms with van der Waals surface area (Å²) in [5.41, 5.74) is 11.0. The second-order valence-electron chi connectivity index (χ2n) is 7.10. The quantitative estimate of drug-likeness (QED) is 0.541. The zero-order chi connectivity index (χ0) is 19.8. The molecule has 146 valence electrons. The number of benzene rings is 2. The van der Waals surface area contributed by atoms with Gasteiger partial charge in [-0.2, -0.15) is 9.97 Å². The van der Waals surface area contributed by atoms with Gasteiger partial charge in [0.05, 0.1) is 6.33 Å². The number of imidazole rings is 1. The van der Waals surface area contributed by atoms with Crippen LogP contribution in [-0.4, -0.2) is 33.0 Å². The van der Waals surface area contributed by atoms with Crippen LogP contribution in [0.5, 0.6) is 0 Å². The largest absolute Gasteiger partial charge is 0.368 e. The molecule has 3 N–H and O–H groups in total. The summed E-state index contributed by atoms with van der Waals surface area (Å²) in [5.74, 6) is 1.00. The monoisotopic (exact) mass is 405 g/mol. The molecule has 0 atom stereocenters. The van der Waals surface area contributed by atoms with Crippen LogP contribution in [0.25, 0.3) is 11.2 Å². The van der Waals surface area contributed by atoms with Gasteiger partial charge in [-0.15, -0.1) is 0 Å². The summed E-state index contributed by atoms with van der Waals surface area (Å²) >= 11 is 6.05. The summed E-state index contributed by atoms with van der Waals surface area (Å²) in [5, 5.41) is 0.751. The molecule has 0 spiro atoms. The first-order chi connectivity index (χ1) is 14.2. The van der Waals surface area contributed by atoms with Crippen molar-refractivity contribution >= 4 is 40.2 Å². The number of fused-ring (bicyclic) bond motifs is 2. The maximum absolute atomic E-state index is 6.05. The molecule has 0 radical (unpaired) electrons. The standard InChI is InChI=1S/C21H20ClN7/c22-16-7-5-14(6-8-16)11-28-9-10-29(12-15-3-1-2-4-17(15)28)20-18-19(25-13-24-18)26-21(23)27-20/h1-8,13H,9-12H2,(H3,23,24,25,26,27). The fourth-order valence-electron chi connectivity index (χ4n) is 3.81. The van der Waals surface area contributed by atoms with Crippen LogP contribution in [0, 0.1) is 0 Å². The van der Waals surface area contributed by atoms with E-state index in [4.69, 9.17) is 17.3 Å². The van der Waals surface area contributed by atoms with Crippen LogP contribution < -0.4 is 15.5 Å². The minimum absolute atomic E-state index is 0.243. The van der Waals surface area contributed by atoms with E-state index < -0.39 is 0 Å². The maximum atomic E-state index is 6.05. The van der Waals surface area contributed by atoms with Gasteiger partial charge in [-0.1, -0.05) is 41.9 Å². The van der Waals surface area contributed by atoms with Crippen LogP contribution in [0.3, 0.4) is 0 Å². The van der Waals surface area contributed by atoms with E-state index in [2.05, 4.69) is 66.1 Å². The summed E-state index contributed by atoms with van der Waals surface area (Å²) in [6, 6.07) is 16.5. The molecule has 1 aliphatic heterocycles. The molecule has 3 heterocycles. The van der Waals surface area contributed by atoms with Crippen LogP contribution in [0.2, 0.25) is 5.02 Å². The van der Waals surface area contributed by atoms with Crippen molar-refractivity contribution in [3.05, 3.63) is 71.0 Å². The molecule has 2 aromatic heterocycles. The smallest absolute Gasteiger partial charge is 0.224 e. The molecule has 2 aromatic carbocycles. The Morgan fingerprint density at radius 1 is 1.03 bits per heavy atom. The molecule has 0 fully saturated rings. The van der Waals surface area contributed by atoms with Gasteiger partial charge in [0.2, 0.25) is 5.95 Å². The lowest BCUT2D eigenvalue weighted by Crippen LogP contribution is -2.32. The zero-order valence-corrected chi connectivity index (χ0v) is 16.5. The third-order valence-electron chi connectivity index (χ3n) is 5.20. The van der Waals surface area contributed by atoms with Crippen molar-refractivity contribution in [2.45, 2.75) is 13.1 Å². The lowest BCUT2D eigenvalue weighted by Gasteiger charge is -2.25. The number of hydrogen-bond acceptors (Lipinski definition) is 6. The normalized spacial score (nSPS) is 14.1. The molecule has 7 nitrogen and oxygen atoms in total. The molecule has 0 unspecified atom stereocenters. The predicted octanol–water partition coefficient (Wildman–Crippen LogP) is 3.62. The second kappa shape index (κ2) is 7.25. The molecular weight excluding hydrogens is 386 g/mol. The van der Waals surface area contributed by atoms with Crippen molar-refractivity contribution in [1.82, 2.24) is 19.9 Å². The Kier molecular flexibility index (Phi) is 4.44. The molecule has 0 aliphatic carbocycles. The molecule has 8 heteroatoms. The van der Waals surface area contributed by atoms with Crippen LogP contribution in [-0.2, 0) is 13.1 Å². The zero-order valence-electron chi connectivity index (χ0n) is 15.7. The number of para-hydroxylation sites is 1. The number of nitrogens with two attached hydrogens (primary N) is 1. The lowest BCUT2D eigenvalue weighted by atomic mass is 10.1. The second-order valence-corrected chi connectivity index (χ2v) is 7.54. The average Bonchev–Trinajstić information content (AvgIpc) is 3.12. The number of anilines is 3. The summed E-state index contributed by atoms with van der Waals surface area (Å²) in [6.07, 6.45) is 1.63. The number of nitrogens with zero attached hydrogens (tertiary/aromatic N) is 5. The highest BCUT2D eigenvalue weighted by Gasteiger charge is 2.23. The molecule has 0 amide bonds. The highest BCUT2D eigenvalue weighted by Crippen LogP contribution is 2.30. The van der Waals surface area contributed by atoms with Gasteiger partial charge in [-0.05, 0) is 29.3 Å². The Morgan fingerprint density at radius 2 is 1.86 bits per heavy atom. The predicted molar refractivity (Wildman–Crippen MR) is 116 cm³/mol. The first-order valence-electron chi connectivity index (χ1n) is 9.46. The van der Waals surface area contributed by atoms with Crippen LogP contribution in [0.4, 0.5) is 17.5 Å². The van der Waals surface area contributed by atoms with Gasteiger partial charge in [0, 0.05) is 36.9 Å². The Labute approximate surface area is 173 Å². The SMILES string of the molecule is Nc1nc(N2CCN(Cc3ccc(Cl)cc3)c3ccccc3C2)c2nc[nH]c2n1. The van der Waals surface area contributed by atoms with Crippen LogP contribution in [0.15, 0.2) is 54.9 Å². The van der Waals surface area contributed by atoms with Crippen molar-refractivity contribution in [2.24, 2.45) is 0 Å². The number of aromatic amines is 1. The van der Waals surface area contributed by atoms with Crippen molar-refractivity contribution in [2.75, 3.05) is 28.6 Å². The molecule has 0 bridgehead atoms. The number of hydrogen-bond donors (Lipinski definition) is 2. The Morgan fingerprint density at radius 3 is 2.72 bits per heavy atom. The van der Waals surface area contributed by atoms with E-state index >= 15 is 0 Å². The third-order valence-corrected chi connectivity index (χ3v) is 5.45. The van der Waals surface area contributed by atoms with Crippen molar-refractivity contribution in [3.8, 4) is 0 Å². The van der Waals surface area contributed by atoms with E-state index in [0.29, 0.717) is 5.65 Å². The minimum Gasteiger partial charge on any atom is -0.368 e. The first-order valence-corrected chi connectivity index (χ1v) is 9.84. The first kappa shape index (κ1) is 17.8.